The third-order valence-corrected chi connectivity index (χ3v) is 4.02. The Kier molecular flexibility index (Phi) is 2.57. The third-order valence-electron chi connectivity index (χ3n) is 4.02. The Balaban J connectivity index is 2.28. The number of cyclic esters (lactones) is 2. The van der Waals surface area contributed by atoms with Gasteiger partial charge in [0.15, 0.2) is 0 Å². The minimum Gasteiger partial charge on any atom is -0.393 e. The van der Waals surface area contributed by atoms with Gasteiger partial charge in [0.25, 0.3) is 0 Å². The topological polar surface area (TPSA) is 43.4 Å². The Bertz CT molecular complexity index is 295. The maximum Gasteiger partial charge on any atom is 0.317 e. The normalized spacial score (nSPS) is 39.7. The molecule has 1 aliphatic carbocycles. The smallest absolute Gasteiger partial charge is 0.317 e. The molecular formula is C12H18O3. The molecule has 0 spiro atoms. The molecule has 1 saturated carbocycles. The van der Waals surface area contributed by atoms with Gasteiger partial charge in [0.1, 0.15) is 0 Å². The quantitative estimate of drug-likeness (QED) is 0.517. The molecule has 0 amide bonds. The first kappa shape index (κ1) is 10.7. The van der Waals surface area contributed by atoms with Gasteiger partial charge in [0.2, 0.25) is 0 Å². The van der Waals surface area contributed by atoms with Crippen molar-refractivity contribution in [3.63, 3.8) is 0 Å². The summed E-state index contributed by atoms with van der Waals surface area (Å²) in [5.74, 6) is 0.433. The first-order valence-electron chi connectivity index (χ1n) is 5.81. The molecule has 4 unspecified atom stereocenters. The highest BCUT2D eigenvalue weighted by molar-refractivity contribution is 5.97. The van der Waals surface area contributed by atoms with Gasteiger partial charge in [-0.05, 0) is 24.2 Å². The fourth-order valence-corrected chi connectivity index (χ4v) is 3.40. The van der Waals surface area contributed by atoms with Gasteiger partial charge in [0.05, 0.1) is 11.8 Å². The molecule has 0 radical (unpaired) electrons. The highest BCUT2D eigenvalue weighted by atomic mass is 16.6. The highest BCUT2D eigenvalue weighted by Gasteiger charge is 2.56. The molecule has 2 aliphatic rings. The lowest BCUT2D eigenvalue weighted by molar-refractivity contribution is -0.155. The summed E-state index contributed by atoms with van der Waals surface area (Å²) >= 11 is 0. The summed E-state index contributed by atoms with van der Waals surface area (Å²) in [6, 6.07) is 0. The van der Waals surface area contributed by atoms with E-state index in [4.69, 9.17) is 4.74 Å². The molecule has 0 aromatic carbocycles. The van der Waals surface area contributed by atoms with Crippen LogP contribution in [0, 0.1) is 29.6 Å². The predicted octanol–water partition coefficient (Wildman–Crippen LogP) is 2.00. The number of rotatable bonds is 2. The van der Waals surface area contributed by atoms with Crippen molar-refractivity contribution >= 4 is 11.9 Å². The standard InChI is InChI=1S/C12H18O3/c1-4-7-5-8-10(9(7)6(2)3)12(14)15-11(8)13/h6-10H,4-5H2,1-3H3. The van der Waals surface area contributed by atoms with E-state index in [9.17, 15) is 9.59 Å². The molecule has 0 bridgehead atoms. The minimum absolute atomic E-state index is 0.144. The molecule has 0 aromatic heterocycles. The molecule has 3 nitrogen and oxygen atoms in total. The van der Waals surface area contributed by atoms with Crippen LogP contribution in [0.25, 0.3) is 0 Å². The summed E-state index contributed by atoms with van der Waals surface area (Å²) in [7, 11) is 0. The number of carbonyl (C=O) groups excluding carboxylic acids is 2. The van der Waals surface area contributed by atoms with Crippen molar-refractivity contribution in [2.45, 2.75) is 33.6 Å². The van der Waals surface area contributed by atoms with Gasteiger partial charge in [-0.3, -0.25) is 9.59 Å². The van der Waals surface area contributed by atoms with Crippen LogP contribution in [0.1, 0.15) is 33.6 Å². The van der Waals surface area contributed by atoms with E-state index in [1.165, 1.54) is 0 Å². The number of hydrogen-bond acceptors (Lipinski definition) is 3. The summed E-state index contributed by atoms with van der Waals surface area (Å²) in [5, 5.41) is 0. The first-order valence-corrected chi connectivity index (χ1v) is 5.81. The van der Waals surface area contributed by atoms with Gasteiger partial charge < -0.3 is 4.74 Å². The molecule has 0 aromatic rings. The van der Waals surface area contributed by atoms with Crippen molar-refractivity contribution in [1.29, 1.82) is 0 Å². The van der Waals surface area contributed by atoms with Gasteiger partial charge in [-0.2, -0.15) is 0 Å². The molecule has 4 atom stereocenters. The van der Waals surface area contributed by atoms with E-state index in [0.29, 0.717) is 17.8 Å². The molecule has 1 aliphatic heterocycles. The van der Waals surface area contributed by atoms with Gasteiger partial charge in [0, 0.05) is 0 Å². The van der Waals surface area contributed by atoms with Gasteiger partial charge in [-0.1, -0.05) is 27.2 Å². The third kappa shape index (κ3) is 1.48. The average molecular weight is 210 g/mol. The van der Waals surface area contributed by atoms with E-state index in [0.717, 1.165) is 12.8 Å². The molecule has 84 valence electrons. The van der Waals surface area contributed by atoms with Crippen LogP contribution in [0.4, 0.5) is 0 Å². The van der Waals surface area contributed by atoms with E-state index in [2.05, 4.69) is 20.8 Å². The second kappa shape index (κ2) is 3.62. The maximum absolute atomic E-state index is 11.6. The lowest BCUT2D eigenvalue weighted by atomic mass is 9.79. The number of ether oxygens (including phenoxy) is 1. The van der Waals surface area contributed by atoms with Gasteiger partial charge in [-0.15, -0.1) is 0 Å². The van der Waals surface area contributed by atoms with E-state index >= 15 is 0 Å². The Morgan fingerprint density at radius 2 is 2.00 bits per heavy atom. The van der Waals surface area contributed by atoms with E-state index < -0.39 is 0 Å². The van der Waals surface area contributed by atoms with Crippen molar-refractivity contribution in [3.8, 4) is 0 Å². The SMILES string of the molecule is CCC1CC2C(=O)OC(=O)C2C1C(C)C. The number of esters is 2. The van der Waals surface area contributed by atoms with E-state index in [1.54, 1.807) is 0 Å². The largest absolute Gasteiger partial charge is 0.393 e. The first-order chi connectivity index (χ1) is 7.06. The summed E-state index contributed by atoms with van der Waals surface area (Å²) in [6.45, 7) is 6.40. The fourth-order valence-electron chi connectivity index (χ4n) is 3.40. The van der Waals surface area contributed by atoms with Crippen LogP contribution < -0.4 is 0 Å². The Hall–Kier alpha value is -0.860. The molecule has 3 heteroatoms. The van der Waals surface area contributed by atoms with Gasteiger partial charge >= 0.3 is 11.9 Å². The number of fused-ring (bicyclic) bond motifs is 1. The Morgan fingerprint density at radius 1 is 1.33 bits per heavy atom. The summed E-state index contributed by atoms with van der Waals surface area (Å²) < 4.78 is 4.72. The summed E-state index contributed by atoms with van der Waals surface area (Å²) in [4.78, 5) is 23.1. The second-order valence-electron chi connectivity index (χ2n) is 5.10. The molecular weight excluding hydrogens is 192 g/mol. The lowest BCUT2D eigenvalue weighted by Gasteiger charge is -2.25. The van der Waals surface area contributed by atoms with Crippen molar-refractivity contribution < 1.29 is 14.3 Å². The van der Waals surface area contributed by atoms with Crippen LogP contribution in [0.3, 0.4) is 0 Å². The van der Waals surface area contributed by atoms with Crippen LogP contribution in [-0.2, 0) is 14.3 Å². The zero-order valence-electron chi connectivity index (χ0n) is 9.53. The molecule has 2 rings (SSSR count). The summed E-state index contributed by atoms with van der Waals surface area (Å²) in [5.41, 5.74) is 0. The van der Waals surface area contributed by atoms with Gasteiger partial charge in [-0.25, -0.2) is 0 Å². The molecule has 1 saturated heterocycles. The number of hydrogen-bond donors (Lipinski definition) is 0. The van der Waals surface area contributed by atoms with Crippen molar-refractivity contribution in [3.05, 3.63) is 0 Å². The molecule has 15 heavy (non-hydrogen) atoms. The van der Waals surface area contributed by atoms with E-state index in [1.807, 2.05) is 0 Å². The average Bonchev–Trinajstić information content (AvgIpc) is 2.66. The predicted molar refractivity (Wildman–Crippen MR) is 54.8 cm³/mol. The second-order valence-corrected chi connectivity index (χ2v) is 5.10. The van der Waals surface area contributed by atoms with Crippen molar-refractivity contribution in [1.82, 2.24) is 0 Å². The van der Waals surface area contributed by atoms with Crippen LogP contribution in [-0.4, -0.2) is 11.9 Å². The number of carbonyl (C=O) groups is 2. The van der Waals surface area contributed by atoms with E-state index in [-0.39, 0.29) is 23.8 Å². The zero-order chi connectivity index (χ0) is 11.2. The minimum atomic E-state index is -0.286. The van der Waals surface area contributed by atoms with Crippen LogP contribution in [0.2, 0.25) is 0 Å². The van der Waals surface area contributed by atoms with Crippen LogP contribution in [0.5, 0.6) is 0 Å². The Labute approximate surface area is 90.2 Å². The molecule has 0 N–H and O–H groups in total. The van der Waals surface area contributed by atoms with Crippen molar-refractivity contribution in [2.75, 3.05) is 0 Å². The van der Waals surface area contributed by atoms with Crippen LogP contribution >= 0.6 is 0 Å². The molecule has 2 fully saturated rings. The van der Waals surface area contributed by atoms with Crippen molar-refractivity contribution in [2.24, 2.45) is 29.6 Å². The maximum atomic E-state index is 11.6. The molecule has 1 heterocycles. The lowest BCUT2D eigenvalue weighted by Crippen LogP contribution is -2.26. The fraction of sp³-hybridized carbons (Fsp3) is 0.833. The van der Waals surface area contributed by atoms with Crippen LogP contribution in [0.15, 0.2) is 0 Å². The zero-order valence-corrected chi connectivity index (χ0v) is 9.53. The Morgan fingerprint density at radius 3 is 2.53 bits per heavy atom. The highest BCUT2D eigenvalue weighted by Crippen LogP contribution is 2.50. The monoisotopic (exact) mass is 210 g/mol. The summed E-state index contributed by atoms with van der Waals surface area (Å²) in [6.07, 6.45) is 1.89.